The fourth-order valence-electron chi connectivity index (χ4n) is 5.72. The van der Waals surface area contributed by atoms with E-state index in [1.54, 1.807) is 6.07 Å². The Labute approximate surface area is 214 Å². The van der Waals surface area contributed by atoms with Gasteiger partial charge in [-0.25, -0.2) is 18.1 Å². The molecule has 35 heavy (non-hydrogen) atoms. The van der Waals surface area contributed by atoms with Crippen molar-refractivity contribution in [3.8, 4) is 11.3 Å². The fraction of sp³-hybridized carbons (Fsp3) is 0.542. The third-order valence-corrected chi connectivity index (χ3v) is 9.30. The summed E-state index contributed by atoms with van der Waals surface area (Å²) in [6, 6.07) is 6.84. The van der Waals surface area contributed by atoms with Crippen LogP contribution >= 0.6 is 22.9 Å². The number of hydrogen-bond donors (Lipinski definition) is 3. The Bertz CT molecular complexity index is 1200. The number of amides is 1. The minimum absolute atomic E-state index is 0.0907. The van der Waals surface area contributed by atoms with Crippen LogP contribution in [0.1, 0.15) is 50.0 Å². The van der Waals surface area contributed by atoms with Crippen LogP contribution in [0.25, 0.3) is 11.3 Å². The maximum absolute atomic E-state index is 13.9. The van der Waals surface area contributed by atoms with Crippen molar-refractivity contribution >= 4 is 44.8 Å². The van der Waals surface area contributed by atoms with Crippen LogP contribution in [0.4, 0.5) is 0 Å². The van der Waals surface area contributed by atoms with Gasteiger partial charge in [-0.15, -0.1) is 11.3 Å². The summed E-state index contributed by atoms with van der Waals surface area (Å²) in [5.74, 6) is -1.60. The summed E-state index contributed by atoms with van der Waals surface area (Å²) in [6.45, 7) is 0.0907. The van der Waals surface area contributed by atoms with Crippen molar-refractivity contribution in [2.24, 2.45) is 11.8 Å². The zero-order valence-electron chi connectivity index (χ0n) is 19.5. The summed E-state index contributed by atoms with van der Waals surface area (Å²) < 4.78 is 26.3. The first-order chi connectivity index (χ1) is 16.6. The Morgan fingerprint density at radius 3 is 2.63 bits per heavy atom. The van der Waals surface area contributed by atoms with Crippen LogP contribution in [-0.2, 0) is 25.0 Å². The molecule has 0 bridgehead atoms. The van der Waals surface area contributed by atoms with E-state index < -0.39 is 33.4 Å². The average molecular weight is 540 g/mol. The maximum Gasteiger partial charge on any atom is 0.304 e. The number of thiazole rings is 1. The zero-order valence-corrected chi connectivity index (χ0v) is 21.9. The van der Waals surface area contributed by atoms with Crippen LogP contribution in [-0.4, -0.2) is 49.2 Å². The quantitative estimate of drug-likeness (QED) is 0.491. The van der Waals surface area contributed by atoms with Crippen molar-refractivity contribution in [2.45, 2.75) is 56.4 Å². The molecule has 1 aliphatic heterocycles. The Morgan fingerprint density at radius 1 is 1.26 bits per heavy atom. The second-order valence-corrected chi connectivity index (χ2v) is 12.6. The molecule has 0 unspecified atom stereocenters. The van der Waals surface area contributed by atoms with Gasteiger partial charge in [0.05, 0.1) is 18.4 Å². The van der Waals surface area contributed by atoms with E-state index in [0.717, 1.165) is 37.5 Å². The largest absolute Gasteiger partial charge is 0.481 e. The van der Waals surface area contributed by atoms with Gasteiger partial charge in [-0.1, -0.05) is 55.5 Å². The molecule has 1 saturated carbocycles. The van der Waals surface area contributed by atoms with Crippen LogP contribution < -0.4 is 10.0 Å². The Hall–Kier alpha value is -2.01. The molecule has 3 N–H and O–H groups in total. The number of nitrogens with one attached hydrogen (secondary N) is 2. The topological polar surface area (TPSA) is 125 Å². The average Bonchev–Trinajstić information content (AvgIpc) is 3.47. The van der Waals surface area contributed by atoms with Crippen LogP contribution in [0.3, 0.4) is 0 Å². The normalized spacial score (nSPS) is 26.2. The van der Waals surface area contributed by atoms with E-state index in [-0.39, 0.29) is 24.8 Å². The van der Waals surface area contributed by atoms with Gasteiger partial charge in [0.1, 0.15) is 10.4 Å². The number of carbonyl (C=O) groups excluding carboxylic acids is 1. The van der Waals surface area contributed by atoms with Crippen molar-refractivity contribution in [3.05, 3.63) is 39.7 Å². The van der Waals surface area contributed by atoms with Crippen molar-refractivity contribution < 1.29 is 23.1 Å². The highest BCUT2D eigenvalue weighted by Crippen LogP contribution is 2.50. The molecule has 0 spiro atoms. The number of rotatable bonds is 7. The summed E-state index contributed by atoms with van der Waals surface area (Å²) in [5, 5.41) is 15.7. The summed E-state index contributed by atoms with van der Waals surface area (Å²) in [7, 11) is -3.46. The van der Waals surface area contributed by atoms with Gasteiger partial charge in [0.25, 0.3) is 0 Å². The van der Waals surface area contributed by atoms with Gasteiger partial charge in [-0.2, -0.15) is 0 Å². The van der Waals surface area contributed by atoms with Gasteiger partial charge in [0, 0.05) is 28.6 Å². The third-order valence-electron chi connectivity index (χ3n) is 7.19. The Balaban J connectivity index is 1.80. The highest BCUT2D eigenvalue weighted by Gasteiger charge is 2.54. The number of hydrogen-bond acceptors (Lipinski definition) is 6. The Morgan fingerprint density at radius 2 is 1.97 bits per heavy atom. The fourth-order valence-corrected chi connectivity index (χ4v) is 7.84. The lowest BCUT2D eigenvalue weighted by Crippen LogP contribution is -2.57. The van der Waals surface area contributed by atoms with Crippen molar-refractivity contribution in [1.82, 2.24) is 15.0 Å². The maximum atomic E-state index is 13.9. The number of aromatic nitrogens is 1. The number of aliphatic carboxylic acids is 1. The molecule has 1 amide bonds. The lowest BCUT2D eigenvalue weighted by molar-refractivity contribution is -0.145. The first kappa shape index (κ1) is 26.1. The lowest BCUT2D eigenvalue weighted by Gasteiger charge is -2.43. The van der Waals surface area contributed by atoms with E-state index in [1.807, 2.05) is 23.6 Å². The smallest absolute Gasteiger partial charge is 0.304 e. The number of carbonyl (C=O) groups is 2. The van der Waals surface area contributed by atoms with E-state index in [1.165, 1.54) is 11.3 Å². The first-order valence-corrected chi connectivity index (χ1v) is 14.9. The second kappa shape index (κ2) is 10.5. The molecule has 1 aliphatic carbocycles. The van der Waals surface area contributed by atoms with Crippen molar-refractivity contribution in [1.29, 1.82) is 0 Å². The summed E-state index contributed by atoms with van der Waals surface area (Å²) >= 11 is 7.67. The molecule has 1 saturated heterocycles. The molecule has 1 aromatic heterocycles. The standard InChI is InChI=1S/C24H30ClN3O5S2/c1-35(32,33)28-16-10-11-18(15-6-2-3-7-15)24(12-21(29)30,22(31)26-13-16)23-27-20(14-34-23)17-8-4-5-9-19(17)25/h4-5,8-9,14-16,18,28H,2-3,6-7,10-13H2,1H3,(H,26,31)(H,29,30)/t16-,18-,24+/m1/s1. The third kappa shape index (κ3) is 5.71. The minimum atomic E-state index is -3.46. The number of benzene rings is 1. The molecule has 2 fully saturated rings. The number of halogens is 1. The molecule has 190 valence electrons. The predicted octanol–water partition coefficient (Wildman–Crippen LogP) is 3.81. The van der Waals surface area contributed by atoms with Crippen molar-refractivity contribution in [2.75, 3.05) is 12.8 Å². The molecule has 8 nitrogen and oxygen atoms in total. The van der Waals surface area contributed by atoms with Crippen LogP contribution in [0.15, 0.2) is 29.6 Å². The molecule has 3 atom stereocenters. The summed E-state index contributed by atoms with van der Waals surface area (Å²) in [4.78, 5) is 30.9. The minimum Gasteiger partial charge on any atom is -0.481 e. The van der Waals surface area contributed by atoms with Crippen molar-refractivity contribution in [3.63, 3.8) is 0 Å². The summed E-state index contributed by atoms with van der Waals surface area (Å²) in [6.07, 6.45) is 5.62. The van der Waals surface area contributed by atoms with Crippen LogP contribution in [0, 0.1) is 11.8 Å². The molecular formula is C24H30ClN3O5S2. The molecule has 1 aromatic carbocycles. The number of carboxylic acid groups (broad SMARTS) is 1. The zero-order chi connectivity index (χ0) is 25.2. The highest BCUT2D eigenvalue weighted by atomic mass is 35.5. The van der Waals surface area contributed by atoms with E-state index in [4.69, 9.17) is 16.6 Å². The number of nitrogens with zero attached hydrogens (tertiary/aromatic N) is 1. The van der Waals surface area contributed by atoms with E-state index in [9.17, 15) is 23.1 Å². The van der Waals surface area contributed by atoms with Gasteiger partial charge in [-0.05, 0) is 30.7 Å². The number of carboxylic acids is 1. The van der Waals surface area contributed by atoms with E-state index >= 15 is 0 Å². The monoisotopic (exact) mass is 539 g/mol. The first-order valence-electron chi connectivity index (χ1n) is 11.8. The molecular weight excluding hydrogens is 510 g/mol. The lowest BCUT2D eigenvalue weighted by atomic mass is 9.63. The molecule has 4 rings (SSSR count). The van der Waals surface area contributed by atoms with Crippen LogP contribution in [0.2, 0.25) is 5.02 Å². The molecule has 2 aromatic rings. The Kier molecular flexibility index (Phi) is 7.85. The predicted molar refractivity (Wildman–Crippen MR) is 136 cm³/mol. The van der Waals surface area contributed by atoms with Gasteiger partial charge in [0.15, 0.2) is 0 Å². The van der Waals surface area contributed by atoms with Gasteiger partial charge in [-0.3, -0.25) is 9.59 Å². The SMILES string of the molecule is CS(=O)(=O)N[C@@H]1CC[C@H](C2CCCC2)[C@](CC(=O)O)(c2nc(-c3ccccc3Cl)cs2)C(=O)NC1. The summed E-state index contributed by atoms with van der Waals surface area (Å²) in [5.41, 5.74) is -0.0126. The molecule has 2 heterocycles. The van der Waals surface area contributed by atoms with Gasteiger partial charge < -0.3 is 10.4 Å². The molecule has 0 radical (unpaired) electrons. The molecule has 11 heteroatoms. The molecule has 2 aliphatic rings. The van der Waals surface area contributed by atoms with Crippen LogP contribution in [0.5, 0.6) is 0 Å². The van der Waals surface area contributed by atoms with E-state index in [2.05, 4.69) is 10.0 Å². The van der Waals surface area contributed by atoms with Gasteiger partial charge >= 0.3 is 5.97 Å². The number of sulfonamides is 1. The second-order valence-electron chi connectivity index (χ2n) is 9.58. The van der Waals surface area contributed by atoms with E-state index in [0.29, 0.717) is 28.6 Å². The highest BCUT2D eigenvalue weighted by molar-refractivity contribution is 7.88. The van der Waals surface area contributed by atoms with Gasteiger partial charge in [0.2, 0.25) is 15.9 Å².